The summed E-state index contributed by atoms with van der Waals surface area (Å²) in [6.45, 7) is 7.89. The molecule has 0 amide bonds. The standard InChI is InChI=1S/C14H21F2NO/c1-5-11(17)13(14(2,3)4)18-12-7-6-9(15)8-10(12)16/h6-8,11,13H,5,17H2,1-4H3. The summed E-state index contributed by atoms with van der Waals surface area (Å²) in [6.07, 6.45) is 0.396. The molecule has 0 heterocycles. The Bertz CT molecular complexity index is 401. The molecule has 0 aromatic heterocycles. The third-order valence-electron chi connectivity index (χ3n) is 2.86. The van der Waals surface area contributed by atoms with Gasteiger partial charge in [-0.3, -0.25) is 0 Å². The first kappa shape index (κ1) is 14.9. The van der Waals surface area contributed by atoms with E-state index in [1.54, 1.807) is 0 Å². The number of ether oxygens (including phenoxy) is 1. The van der Waals surface area contributed by atoms with Gasteiger partial charge in [-0.25, -0.2) is 8.78 Å². The number of halogens is 2. The van der Waals surface area contributed by atoms with Crippen molar-refractivity contribution in [1.29, 1.82) is 0 Å². The largest absolute Gasteiger partial charge is 0.485 e. The normalized spacial score (nSPS) is 15.3. The second-order valence-corrected chi connectivity index (χ2v) is 5.55. The van der Waals surface area contributed by atoms with Crippen LogP contribution in [0.15, 0.2) is 18.2 Å². The Balaban J connectivity index is 2.96. The van der Waals surface area contributed by atoms with Crippen molar-refractivity contribution >= 4 is 0 Å². The van der Waals surface area contributed by atoms with Crippen molar-refractivity contribution in [2.75, 3.05) is 0 Å². The summed E-state index contributed by atoms with van der Waals surface area (Å²) in [5, 5.41) is 0. The lowest BCUT2D eigenvalue weighted by Gasteiger charge is -2.35. The van der Waals surface area contributed by atoms with Crippen LogP contribution in [-0.4, -0.2) is 12.1 Å². The van der Waals surface area contributed by atoms with Crippen molar-refractivity contribution in [1.82, 2.24) is 0 Å². The summed E-state index contributed by atoms with van der Waals surface area (Å²) in [6, 6.07) is 3.09. The van der Waals surface area contributed by atoms with Crippen LogP contribution in [0.2, 0.25) is 0 Å². The van der Waals surface area contributed by atoms with Gasteiger partial charge in [0.1, 0.15) is 11.9 Å². The Morgan fingerprint density at radius 2 is 1.89 bits per heavy atom. The lowest BCUT2D eigenvalue weighted by Crippen LogP contribution is -2.47. The molecule has 0 aliphatic rings. The van der Waals surface area contributed by atoms with E-state index in [-0.39, 0.29) is 23.3 Å². The van der Waals surface area contributed by atoms with Crippen LogP contribution >= 0.6 is 0 Å². The zero-order chi connectivity index (χ0) is 13.9. The van der Waals surface area contributed by atoms with Gasteiger partial charge in [-0.2, -0.15) is 0 Å². The molecule has 0 radical (unpaired) electrons. The summed E-state index contributed by atoms with van der Waals surface area (Å²) in [5.74, 6) is -1.28. The zero-order valence-electron chi connectivity index (χ0n) is 11.3. The van der Waals surface area contributed by atoms with Crippen LogP contribution in [-0.2, 0) is 0 Å². The molecule has 0 saturated heterocycles. The highest BCUT2D eigenvalue weighted by Crippen LogP contribution is 2.29. The Morgan fingerprint density at radius 1 is 1.28 bits per heavy atom. The average Bonchev–Trinajstić information content (AvgIpc) is 2.25. The lowest BCUT2D eigenvalue weighted by atomic mass is 9.84. The number of rotatable bonds is 4. The number of benzene rings is 1. The minimum atomic E-state index is -0.701. The number of nitrogens with two attached hydrogens (primary N) is 1. The first-order chi connectivity index (χ1) is 8.25. The third-order valence-corrected chi connectivity index (χ3v) is 2.86. The van der Waals surface area contributed by atoms with Gasteiger partial charge in [0.2, 0.25) is 0 Å². The maximum absolute atomic E-state index is 13.6. The maximum Gasteiger partial charge on any atom is 0.167 e. The monoisotopic (exact) mass is 257 g/mol. The van der Waals surface area contributed by atoms with E-state index >= 15 is 0 Å². The molecule has 2 unspecified atom stereocenters. The summed E-state index contributed by atoms with van der Waals surface area (Å²) in [4.78, 5) is 0. The molecule has 0 aliphatic carbocycles. The first-order valence-electron chi connectivity index (χ1n) is 6.13. The van der Waals surface area contributed by atoms with Gasteiger partial charge in [-0.15, -0.1) is 0 Å². The van der Waals surface area contributed by atoms with E-state index < -0.39 is 11.6 Å². The Morgan fingerprint density at radius 3 is 2.33 bits per heavy atom. The molecule has 0 spiro atoms. The zero-order valence-corrected chi connectivity index (χ0v) is 11.3. The summed E-state index contributed by atoms with van der Waals surface area (Å²) in [5.41, 5.74) is 5.78. The first-order valence-corrected chi connectivity index (χ1v) is 6.13. The van der Waals surface area contributed by atoms with Crippen LogP contribution in [0.4, 0.5) is 8.78 Å². The molecule has 0 aliphatic heterocycles. The number of hydrogen-bond acceptors (Lipinski definition) is 2. The summed E-state index contributed by atoms with van der Waals surface area (Å²) in [7, 11) is 0. The highest BCUT2D eigenvalue weighted by atomic mass is 19.1. The topological polar surface area (TPSA) is 35.2 Å². The van der Waals surface area contributed by atoms with E-state index in [9.17, 15) is 8.78 Å². The van der Waals surface area contributed by atoms with E-state index in [1.807, 2.05) is 27.7 Å². The van der Waals surface area contributed by atoms with Crippen LogP contribution in [0.5, 0.6) is 5.75 Å². The van der Waals surface area contributed by atoms with Gasteiger partial charge in [0.05, 0.1) is 0 Å². The van der Waals surface area contributed by atoms with Gasteiger partial charge in [-0.1, -0.05) is 27.7 Å². The minimum absolute atomic E-state index is 0.0419. The molecular weight excluding hydrogens is 236 g/mol. The van der Waals surface area contributed by atoms with Crippen molar-refractivity contribution in [2.45, 2.75) is 46.3 Å². The van der Waals surface area contributed by atoms with Crippen LogP contribution in [0.3, 0.4) is 0 Å². The molecule has 102 valence electrons. The van der Waals surface area contributed by atoms with E-state index in [0.717, 1.165) is 12.5 Å². The van der Waals surface area contributed by atoms with E-state index in [0.29, 0.717) is 0 Å². The molecule has 2 N–H and O–H groups in total. The molecule has 1 aromatic carbocycles. The van der Waals surface area contributed by atoms with Gasteiger partial charge in [0.25, 0.3) is 0 Å². The highest BCUT2D eigenvalue weighted by Gasteiger charge is 2.32. The van der Waals surface area contributed by atoms with Crippen molar-refractivity contribution in [2.24, 2.45) is 11.1 Å². The third kappa shape index (κ3) is 3.67. The van der Waals surface area contributed by atoms with E-state index in [2.05, 4.69) is 0 Å². The van der Waals surface area contributed by atoms with Crippen molar-refractivity contribution in [3.63, 3.8) is 0 Å². The summed E-state index contributed by atoms with van der Waals surface area (Å²) >= 11 is 0. The van der Waals surface area contributed by atoms with Crippen molar-refractivity contribution < 1.29 is 13.5 Å². The van der Waals surface area contributed by atoms with Crippen molar-refractivity contribution in [3.05, 3.63) is 29.8 Å². The van der Waals surface area contributed by atoms with Crippen molar-refractivity contribution in [3.8, 4) is 5.75 Å². The molecule has 18 heavy (non-hydrogen) atoms. The van der Waals surface area contributed by atoms with Gasteiger partial charge < -0.3 is 10.5 Å². The molecule has 1 aromatic rings. The van der Waals surface area contributed by atoms with E-state index in [1.165, 1.54) is 12.1 Å². The van der Waals surface area contributed by atoms with Gasteiger partial charge >= 0.3 is 0 Å². The fraction of sp³-hybridized carbons (Fsp3) is 0.571. The second kappa shape index (κ2) is 5.65. The number of hydrogen-bond donors (Lipinski definition) is 1. The molecule has 2 nitrogen and oxygen atoms in total. The quantitative estimate of drug-likeness (QED) is 0.896. The van der Waals surface area contributed by atoms with Crippen LogP contribution in [0, 0.1) is 17.0 Å². The minimum Gasteiger partial charge on any atom is -0.485 e. The Hall–Kier alpha value is -1.16. The van der Waals surface area contributed by atoms with Gasteiger partial charge in [0.15, 0.2) is 11.6 Å². The molecule has 0 fully saturated rings. The molecular formula is C14H21F2NO. The predicted octanol–water partition coefficient (Wildman–Crippen LogP) is 3.50. The van der Waals surface area contributed by atoms with Crippen LogP contribution < -0.4 is 10.5 Å². The van der Waals surface area contributed by atoms with Gasteiger partial charge in [0, 0.05) is 17.5 Å². The fourth-order valence-electron chi connectivity index (χ4n) is 1.83. The molecule has 4 heteroatoms. The molecule has 0 bridgehead atoms. The van der Waals surface area contributed by atoms with E-state index in [4.69, 9.17) is 10.5 Å². The fourth-order valence-corrected chi connectivity index (χ4v) is 1.83. The second-order valence-electron chi connectivity index (χ2n) is 5.55. The molecule has 2 atom stereocenters. The molecule has 0 saturated carbocycles. The summed E-state index contributed by atoms with van der Waals surface area (Å²) < 4.78 is 32.0. The van der Waals surface area contributed by atoms with Crippen LogP contribution in [0.1, 0.15) is 34.1 Å². The Kier molecular flexibility index (Phi) is 4.68. The predicted molar refractivity (Wildman–Crippen MR) is 68.5 cm³/mol. The SMILES string of the molecule is CCC(N)C(Oc1ccc(F)cc1F)C(C)(C)C. The Labute approximate surface area is 107 Å². The molecule has 1 rings (SSSR count). The van der Waals surface area contributed by atoms with Gasteiger partial charge in [-0.05, 0) is 18.6 Å². The highest BCUT2D eigenvalue weighted by molar-refractivity contribution is 5.25. The van der Waals surface area contributed by atoms with Crippen LogP contribution in [0.25, 0.3) is 0 Å². The lowest BCUT2D eigenvalue weighted by molar-refractivity contribution is 0.0585. The average molecular weight is 257 g/mol. The maximum atomic E-state index is 13.6. The smallest absolute Gasteiger partial charge is 0.167 e.